The zero-order valence-electron chi connectivity index (χ0n) is 23.4. The molecule has 4 aromatic heterocycles. The van der Waals surface area contributed by atoms with Crippen LogP contribution in [0.3, 0.4) is 0 Å². The van der Waals surface area contributed by atoms with Crippen LogP contribution in [-0.4, -0.2) is 47.2 Å². The van der Waals surface area contributed by atoms with E-state index in [2.05, 4.69) is 30.8 Å². The van der Waals surface area contributed by atoms with Crippen molar-refractivity contribution in [2.75, 3.05) is 5.32 Å². The van der Waals surface area contributed by atoms with Crippen molar-refractivity contribution >= 4 is 40.3 Å². The number of carbonyl (C=O) groups excluding carboxylic acids is 2. The minimum absolute atomic E-state index is 0.0518. The summed E-state index contributed by atoms with van der Waals surface area (Å²) in [6, 6.07) is 15.9. The number of imidazole rings is 1. The molecular formula is C31H29ClN8O3. The van der Waals surface area contributed by atoms with Gasteiger partial charge in [0.05, 0.1) is 39.2 Å². The van der Waals surface area contributed by atoms with E-state index in [0.29, 0.717) is 34.3 Å². The first-order valence-corrected chi connectivity index (χ1v) is 14.4. The Morgan fingerprint density at radius 3 is 2.47 bits per heavy atom. The minimum Gasteiger partial charge on any atom is -0.349 e. The van der Waals surface area contributed by atoms with Crippen LogP contribution in [-0.2, 0) is 6.54 Å². The Morgan fingerprint density at radius 2 is 1.74 bits per heavy atom. The molecule has 0 unspecified atom stereocenters. The number of rotatable bonds is 7. The summed E-state index contributed by atoms with van der Waals surface area (Å²) in [6.07, 6.45) is 7.96. The van der Waals surface area contributed by atoms with E-state index in [9.17, 15) is 14.4 Å². The second-order valence-corrected chi connectivity index (χ2v) is 11.1. The van der Waals surface area contributed by atoms with E-state index in [1.54, 1.807) is 41.8 Å². The molecule has 11 nitrogen and oxygen atoms in total. The number of aryl methyl sites for hydroxylation is 1. The molecule has 0 atom stereocenters. The molecule has 1 aromatic carbocycles. The van der Waals surface area contributed by atoms with Crippen LogP contribution in [0.1, 0.15) is 52.2 Å². The van der Waals surface area contributed by atoms with Gasteiger partial charge < -0.3 is 10.6 Å². The van der Waals surface area contributed by atoms with Gasteiger partial charge in [0, 0.05) is 25.0 Å². The van der Waals surface area contributed by atoms with Crippen LogP contribution in [0.2, 0.25) is 5.02 Å². The second-order valence-electron chi connectivity index (χ2n) is 10.7. The molecule has 2 N–H and O–H groups in total. The third-order valence-corrected chi connectivity index (χ3v) is 8.02. The maximum absolute atomic E-state index is 13.8. The SMILES string of the molecule is Cc1ncc(Cl)cc1C(=O)N[C@H]1CC[C@H](Cn2c(=O)n(-c3ccc(C(=O)Nc4cccnn4)nc3)c3ccccc32)CC1. The average molecular weight is 597 g/mol. The average Bonchev–Trinajstić information content (AvgIpc) is 3.30. The van der Waals surface area contributed by atoms with E-state index in [-0.39, 0.29) is 29.3 Å². The largest absolute Gasteiger partial charge is 0.349 e. The van der Waals surface area contributed by atoms with Gasteiger partial charge in [0.15, 0.2) is 5.82 Å². The molecule has 0 saturated heterocycles. The van der Waals surface area contributed by atoms with Gasteiger partial charge in [-0.15, -0.1) is 5.10 Å². The maximum atomic E-state index is 13.8. The van der Waals surface area contributed by atoms with Crippen LogP contribution in [0.5, 0.6) is 0 Å². The van der Waals surface area contributed by atoms with E-state index in [4.69, 9.17) is 11.6 Å². The molecule has 5 aromatic rings. The van der Waals surface area contributed by atoms with Crippen molar-refractivity contribution in [2.45, 2.75) is 45.2 Å². The molecule has 0 aliphatic heterocycles. The molecule has 6 rings (SSSR count). The summed E-state index contributed by atoms with van der Waals surface area (Å²) in [7, 11) is 0. The van der Waals surface area contributed by atoms with E-state index in [1.807, 2.05) is 28.8 Å². The van der Waals surface area contributed by atoms with Gasteiger partial charge in [0.1, 0.15) is 5.69 Å². The monoisotopic (exact) mass is 596 g/mol. The Morgan fingerprint density at radius 1 is 0.953 bits per heavy atom. The van der Waals surface area contributed by atoms with Gasteiger partial charge in [0.2, 0.25) is 0 Å². The van der Waals surface area contributed by atoms with Crippen molar-refractivity contribution in [1.29, 1.82) is 0 Å². The first kappa shape index (κ1) is 28.2. The number of para-hydroxylation sites is 2. The molecule has 218 valence electrons. The van der Waals surface area contributed by atoms with Crippen molar-refractivity contribution in [1.82, 2.24) is 34.6 Å². The lowest BCUT2D eigenvalue weighted by Crippen LogP contribution is -2.39. The third-order valence-electron chi connectivity index (χ3n) is 7.81. The first-order chi connectivity index (χ1) is 20.9. The Hall–Kier alpha value is -4.90. The fourth-order valence-electron chi connectivity index (χ4n) is 5.58. The Bertz CT molecular complexity index is 1850. The number of carbonyl (C=O) groups is 2. The van der Waals surface area contributed by atoms with Crippen molar-refractivity contribution in [2.24, 2.45) is 5.92 Å². The lowest BCUT2D eigenvalue weighted by molar-refractivity contribution is 0.0918. The van der Waals surface area contributed by atoms with E-state index >= 15 is 0 Å². The van der Waals surface area contributed by atoms with Gasteiger partial charge in [0.25, 0.3) is 11.8 Å². The lowest BCUT2D eigenvalue weighted by Gasteiger charge is -2.29. The van der Waals surface area contributed by atoms with Crippen molar-refractivity contribution < 1.29 is 9.59 Å². The molecule has 4 heterocycles. The highest BCUT2D eigenvalue weighted by Gasteiger charge is 2.26. The summed E-state index contributed by atoms with van der Waals surface area (Å²) in [4.78, 5) is 47.7. The number of hydrogen-bond donors (Lipinski definition) is 2. The smallest absolute Gasteiger partial charge is 0.333 e. The molecule has 0 bridgehead atoms. The predicted octanol–water partition coefficient (Wildman–Crippen LogP) is 4.58. The van der Waals surface area contributed by atoms with E-state index < -0.39 is 5.91 Å². The minimum atomic E-state index is -0.423. The molecule has 0 radical (unpaired) electrons. The third kappa shape index (κ3) is 6.02. The van der Waals surface area contributed by atoms with Gasteiger partial charge in [-0.25, -0.2) is 9.78 Å². The molecule has 1 aliphatic rings. The van der Waals surface area contributed by atoms with Gasteiger partial charge in [-0.05, 0) is 81.0 Å². The number of pyridine rings is 2. The fraction of sp³-hybridized carbons (Fsp3) is 0.258. The number of aromatic nitrogens is 6. The standard InChI is InChI=1S/C31H29ClN8O3/c1-19-24(15-21(32)16-33-19)29(41)36-22-10-8-20(9-11-22)18-39-26-5-2-3-6-27(26)40(31(39)43)23-12-13-25(34-17-23)30(42)37-28-7-4-14-35-38-28/h2-7,12-17,20,22H,8-11,18H2,1H3,(H,36,41)(H,37,38,42)/t20-,22-. The number of benzene rings is 1. The van der Waals surface area contributed by atoms with Gasteiger partial charge in [-0.3, -0.25) is 23.7 Å². The number of fused-ring (bicyclic) bond motifs is 1. The van der Waals surface area contributed by atoms with Gasteiger partial charge >= 0.3 is 5.69 Å². The summed E-state index contributed by atoms with van der Waals surface area (Å²) in [5.41, 5.74) is 3.31. The first-order valence-electron chi connectivity index (χ1n) is 14.1. The number of hydrogen-bond acceptors (Lipinski definition) is 7. The summed E-state index contributed by atoms with van der Waals surface area (Å²) in [5.74, 6) is 0.0154. The summed E-state index contributed by atoms with van der Waals surface area (Å²) < 4.78 is 3.44. The lowest BCUT2D eigenvalue weighted by atomic mass is 9.85. The van der Waals surface area contributed by atoms with Crippen LogP contribution in [0.15, 0.2) is 78.0 Å². The summed E-state index contributed by atoms with van der Waals surface area (Å²) >= 11 is 6.05. The van der Waals surface area contributed by atoms with Crippen LogP contribution < -0.4 is 16.3 Å². The topological polar surface area (TPSA) is 137 Å². The Balaban J connectivity index is 1.15. The summed E-state index contributed by atoms with van der Waals surface area (Å²) in [6.45, 7) is 2.36. The van der Waals surface area contributed by atoms with Gasteiger partial charge in [-0.1, -0.05) is 23.7 Å². The highest BCUT2D eigenvalue weighted by Crippen LogP contribution is 2.28. The number of nitrogens with one attached hydrogen (secondary N) is 2. The zero-order valence-corrected chi connectivity index (χ0v) is 24.2. The fourth-order valence-corrected chi connectivity index (χ4v) is 5.74. The maximum Gasteiger partial charge on any atom is 0.333 e. The van der Waals surface area contributed by atoms with Gasteiger partial charge in [-0.2, -0.15) is 5.10 Å². The highest BCUT2D eigenvalue weighted by molar-refractivity contribution is 6.30. The molecule has 43 heavy (non-hydrogen) atoms. The Labute approximate surface area is 252 Å². The highest BCUT2D eigenvalue weighted by atomic mass is 35.5. The zero-order chi connectivity index (χ0) is 29.9. The normalized spacial score (nSPS) is 16.6. The molecule has 1 fully saturated rings. The van der Waals surface area contributed by atoms with E-state index in [0.717, 1.165) is 36.7 Å². The quantitative estimate of drug-likeness (QED) is 0.281. The molecular weight excluding hydrogens is 568 g/mol. The predicted molar refractivity (Wildman–Crippen MR) is 163 cm³/mol. The number of halogens is 1. The number of amides is 2. The number of anilines is 1. The Kier molecular flexibility index (Phi) is 7.97. The van der Waals surface area contributed by atoms with E-state index in [1.165, 1.54) is 18.6 Å². The van der Waals surface area contributed by atoms with Crippen LogP contribution in [0, 0.1) is 12.8 Å². The number of nitrogens with zero attached hydrogens (tertiary/aromatic N) is 6. The molecule has 12 heteroatoms. The van der Waals surface area contributed by atoms with Crippen LogP contribution in [0.4, 0.5) is 5.82 Å². The molecule has 1 aliphatic carbocycles. The van der Waals surface area contributed by atoms with Crippen LogP contribution >= 0.6 is 11.6 Å². The molecule has 1 saturated carbocycles. The summed E-state index contributed by atoms with van der Waals surface area (Å²) in [5, 5.41) is 13.8. The van der Waals surface area contributed by atoms with Crippen molar-refractivity contribution in [3.8, 4) is 5.69 Å². The second kappa shape index (κ2) is 12.1. The van der Waals surface area contributed by atoms with Crippen LogP contribution in [0.25, 0.3) is 16.7 Å². The molecule has 2 amide bonds. The van der Waals surface area contributed by atoms with Crippen molar-refractivity contribution in [3.05, 3.63) is 106 Å². The van der Waals surface area contributed by atoms with Crippen molar-refractivity contribution in [3.63, 3.8) is 0 Å². The molecule has 0 spiro atoms.